The van der Waals surface area contributed by atoms with Crippen molar-refractivity contribution in [1.29, 1.82) is 5.26 Å². The number of amides is 1. The molecule has 1 amide bonds. The highest BCUT2D eigenvalue weighted by Crippen LogP contribution is 2.35. The van der Waals surface area contributed by atoms with E-state index in [0.29, 0.717) is 32.2 Å². The summed E-state index contributed by atoms with van der Waals surface area (Å²) in [6, 6.07) is 20.1. The number of nitrogens with zero attached hydrogens (tertiary/aromatic N) is 1. The average molecular weight is 512 g/mol. The molecular formula is C25H20BrClN2O3. The number of nitriles is 1. The average Bonchev–Trinajstić information content (AvgIpc) is 2.79. The van der Waals surface area contributed by atoms with Crippen LogP contribution >= 0.6 is 27.5 Å². The summed E-state index contributed by atoms with van der Waals surface area (Å²) in [4.78, 5) is 12.6. The van der Waals surface area contributed by atoms with Crippen LogP contribution in [-0.4, -0.2) is 13.0 Å². The Morgan fingerprint density at radius 2 is 1.88 bits per heavy atom. The molecule has 0 saturated carbocycles. The normalized spacial score (nSPS) is 10.9. The largest absolute Gasteiger partial charge is 0.493 e. The van der Waals surface area contributed by atoms with Crippen LogP contribution in [0, 0.1) is 18.3 Å². The van der Waals surface area contributed by atoms with E-state index in [-0.39, 0.29) is 12.2 Å². The van der Waals surface area contributed by atoms with E-state index in [9.17, 15) is 10.1 Å². The highest BCUT2D eigenvalue weighted by Gasteiger charge is 2.14. The molecule has 5 nitrogen and oxygen atoms in total. The highest BCUT2D eigenvalue weighted by atomic mass is 79.9. The van der Waals surface area contributed by atoms with Crippen LogP contribution in [0.25, 0.3) is 6.08 Å². The molecule has 0 radical (unpaired) electrons. The number of nitrogens with one attached hydrogen (secondary N) is 1. The van der Waals surface area contributed by atoms with Crippen LogP contribution in [0.15, 0.2) is 70.7 Å². The molecule has 0 unspecified atom stereocenters. The van der Waals surface area contributed by atoms with Crippen LogP contribution in [0.3, 0.4) is 0 Å². The third kappa shape index (κ3) is 5.91. The Morgan fingerprint density at radius 1 is 1.16 bits per heavy atom. The summed E-state index contributed by atoms with van der Waals surface area (Å²) in [5.41, 5.74) is 3.09. The monoisotopic (exact) mass is 510 g/mol. The van der Waals surface area contributed by atoms with Gasteiger partial charge in [-0.2, -0.15) is 5.26 Å². The lowest BCUT2D eigenvalue weighted by Gasteiger charge is -2.14. The van der Waals surface area contributed by atoms with Crippen LogP contribution in [0.4, 0.5) is 5.69 Å². The Hall–Kier alpha value is -3.27. The molecule has 0 aliphatic heterocycles. The van der Waals surface area contributed by atoms with E-state index in [4.69, 9.17) is 21.1 Å². The zero-order valence-electron chi connectivity index (χ0n) is 17.5. The second kappa shape index (κ2) is 10.9. The summed E-state index contributed by atoms with van der Waals surface area (Å²) in [7, 11) is 1.52. The standard InChI is InChI=1S/C25H20BrClN2O3/c1-16-7-9-20(10-8-16)29-25(30)19(14-28)11-18-12-23(31-2)24(13-21(18)26)32-15-17-5-3-4-6-22(17)27/h3-13H,15H2,1-2H3,(H,29,30). The number of carbonyl (C=O) groups excluding carboxylic acids is 1. The van der Waals surface area contributed by atoms with Gasteiger partial charge < -0.3 is 14.8 Å². The van der Waals surface area contributed by atoms with Gasteiger partial charge in [0.05, 0.1) is 7.11 Å². The van der Waals surface area contributed by atoms with Crippen molar-refractivity contribution in [2.24, 2.45) is 0 Å². The first kappa shape index (κ1) is 23.4. The molecule has 7 heteroatoms. The molecule has 0 aliphatic rings. The second-order valence-electron chi connectivity index (χ2n) is 6.89. The van der Waals surface area contributed by atoms with Crippen molar-refractivity contribution in [3.8, 4) is 17.6 Å². The number of aryl methyl sites for hydroxylation is 1. The van der Waals surface area contributed by atoms with Crippen molar-refractivity contribution < 1.29 is 14.3 Å². The maximum atomic E-state index is 12.6. The van der Waals surface area contributed by atoms with E-state index >= 15 is 0 Å². The van der Waals surface area contributed by atoms with E-state index in [1.54, 1.807) is 30.3 Å². The summed E-state index contributed by atoms with van der Waals surface area (Å²) in [5, 5.41) is 12.9. The van der Waals surface area contributed by atoms with Gasteiger partial charge in [0.25, 0.3) is 5.91 Å². The topological polar surface area (TPSA) is 71.3 Å². The Bertz CT molecular complexity index is 1200. The molecule has 0 aliphatic carbocycles. The van der Waals surface area contributed by atoms with Gasteiger partial charge in [0.15, 0.2) is 11.5 Å². The summed E-state index contributed by atoms with van der Waals surface area (Å²) >= 11 is 9.68. The van der Waals surface area contributed by atoms with Gasteiger partial charge in [0, 0.05) is 20.7 Å². The van der Waals surface area contributed by atoms with E-state index in [1.165, 1.54) is 13.2 Å². The van der Waals surface area contributed by atoms with Gasteiger partial charge in [-0.25, -0.2) is 0 Å². The highest BCUT2D eigenvalue weighted by molar-refractivity contribution is 9.10. The molecule has 0 saturated heterocycles. The smallest absolute Gasteiger partial charge is 0.266 e. The van der Waals surface area contributed by atoms with Gasteiger partial charge in [0.2, 0.25) is 0 Å². The maximum Gasteiger partial charge on any atom is 0.266 e. The van der Waals surface area contributed by atoms with Gasteiger partial charge in [-0.1, -0.05) is 63.4 Å². The second-order valence-corrected chi connectivity index (χ2v) is 8.16. The van der Waals surface area contributed by atoms with Gasteiger partial charge in [0.1, 0.15) is 18.2 Å². The number of methoxy groups -OCH3 is 1. The first-order chi connectivity index (χ1) is 15.4. The first-order valence-electron chi connectivity index (χ1n) is 9.65. The number of hydrogen-bond donors (Lipinski definition) is 1. The number of benzene rings is 3. The quantitative estimate of drug-likeness (QED) is 0.289. The molecule has 0 fully saturated rings. The lowest BCUT2D eigenvalue weighted by Crippen LogP contribution is -2.13. The molecule has 0 heterocycles. The summed E-state index contributed by atoms with van der Waals surface area (Å²) in [6.45, 7) is 2.22. The van der Waals surface area contributed by atoms with Gasteiger partial charge in [-0.3, -0.25) is 4.79 Å². The SMILES string of the molecule is COc1cc(C=C(C#N)C(=O)Nc2ccc(C)cc2)c(Br)cc1OCc1ccccc1Cl. The third-order valence-corrected chi connectivity index (χ3v) is 5.65. The molecule has 0 atom stereocenters. The minimum absolute atomic E-state index is 0.0435. The Labute approximate surface area is 200 Å². The lowest BCUT2D eigenvalue weighted by atomic mass is 10.1. The van der Waals surface area contributed by atoms with Crippen LogP contribution < -0.4 is 14.8 Å². The van der Waals surface area contributed by atoms with Crippen molar-refractivity contribution in [3.05, 3.63) is 92.4 Å². The number of rotatable bonds is 7. The molecule has 1 N–H and O–H groups in total. The zero-order valence-corrected chi connectivity index (χ0v) is 19.8. The Kier molecular flexibility index (Phi) is 7.93. The first-order valence-corrected chi connectivity index (χ1v) is 10.8. The van der Waals surface area contributed by atoms with Gasteiger partial charge in [-0.15, -0.1) is 0 Å². The fourth-order valence-corrected chi connectivity index (χ4v) is 3.47. The predicted octanol–water partition coefficient (Wildman–Crippen LogP) is 6.54. The zero-order chi connectivity index (χ0) is 23.1. The van der Waals surface area contributed by atoms with E-state index in [0.717, 1.165) is 11.1 Å². The van der Waals surface area contributed by atoms with E-state index in [2.05, 4.69) is 21.2 Å². The minimum Gasteiger partial charge on any atom is -0.493 e. The van der Waals surface area contributed by atoms with E-state index < -0.39 is 5.91 Å². The van der Waals surface area contributed by atoms with Gasteiger partial charge in [-0.05, 0) is 48.9 Å². The summed E-state index contributed by atoms with van der Waals surface area (Å²) in [5.74, 6) is 0.461. The molecule has 3 aromatic rings. The number of halogens is 2. The predicted molar refractivity (Wildman–Crippen MR) is 130 cm³/mol. The van der Waals surface area contributed by atoms with Crippen LogP contribution in [0.1, 0.15) is 16.7 Å². The number of carbonyl (C=O) groups is 1. The lowest BCUT2D eigenvalue weighted by molar-refractivity contribution is -0.112. The van der Waals surface area contributed by atoms with Crippen molar-refractivity contribution in [3.63, 3.8) is 0 Å². The van der Waals surface area contributed by atoms with Crippen molar-refractivity contribution in [1.82, 2.24) is 0 Å². The third-order valence-electron chi connectivity index (χ3n) is 4.60. The van der Waals surface area contributed by atoms with E-state index in [1.807, 2.05) is 43.3 Å². The van der Waals surface area contributed by atoms with Crippen molar-refractivity contribution in [2.45, 2.75) is 13.5 Å². The molecule has 32 heavy (non-hydrogen) atoms. The molecular weight excluding hydrogens is 492 g/mol. The van der Waals surface area contributed by atoms with Crippen molar-refractivity contribution >= 4 is 45.2 Å². The number of anilines is 1. The molecule has 0 bridgehead atoms. The molecule has 3 rings (SSSR count). The van der Waals surface area contributed by atoms with Crippen LogP contribution in [-0.2, 0) is 11.4 Å². The fraction of sp³-hybridized carbons (Fsp3) is 0.120. The summed E-state index contributed by atoms with van der Waals surface area (Å²) < 4.78 is 12.0. The molecule has 0 spiro atoms. The molecule has 3 aromatic carbocycles. The van der Waals surface area contributed by atoms with Crippen molar-refractivity contribution in [2.75, 3.05) is 12.4 Å². The van der Waals surface area contributed by atoms with Crippen LogP contribution in [0.2, 0.25) is 5.02 Å². The maximum absolute atomic E-state index is 12.6. The molecule has 0 aromatic heterocycles. The Morgan fingerprint density at radius 3 is 2.53 bits per heavy atom. The van der Waals surface area contributed by atoms with Gasteiger partial charge >= 0.3 is 0 Å². The Balaban J connectivity index is 1.82. The molecule has 162 valence electrons. The number of ether oxygens (including phenoxy) is 2. The fourth-order valence-electron chi connectivity index (χ4n) is 2.84. The minimum atomic E-state index is -0.499. The number of hydrogen-bond acceptors (Lipinski definition) is 4. The van der Waals surface area contributed by atoms with Crippen LogP contribution in [0.5, 0.6) is 11.5 Å². The summed E-state index contributed by atoms with van der Waals surface area (Å²) in [6.07, 6.45) is 1.49.